The molecule has 0 fully saturated rings. The van der Waals surface area contributed by atoms with Crippen molar-refractivity contribution in [2.24, 2.45) is 0 Å². The van der Waals surface area contributed by atoms with E-state index in [2.05, 4.69) is 5.32 Å². The predicted molar refractivity (Wildman–Crippen MR) is 96.4 cm³/mol. The maximum absolute atomic E-state index is 12.5. The molecular formula is C19H20N2O5. The minimum Gasteiger partial charge on any atom is -0.486 e. The molecule has 1 heterocycles. The Morgan fingerprint density at radius 1 is 1.12 bits per heavy atom. The van der Waals surface area contributed by atoms with E-state index in [1.807, 2.05) is 0 Å². The van der Waals surface area contributed by atoms with Crippen LogP contribution in [0.5, 0.6) is 11.5 Å². The van der Waals surface area contributed by atoms with E-state index in [1.54, 1.807) is 49.4 Å². The minimum atomic E-state index is -0.909. The molecule has 136 valence electrons. The first kappa shape index (κ1) is 17.6. The van der Waals surface area contributed by atoms with Gasteiger partial charge in [0.2, 0.25) is 0 Å². The fraction of sp³-hybridized carbons (Fsp3) is 0.263. The van der Waals surface area contributed by atoms with Crippen LogP contribution in [0.4, 0.5) is 11.4 Å². The molecule has 0 spiro atoms. The molecule has 0 aromatic heterocycles. The van der Waals surface area contributed by atoms with Crippen molar-refractivity contribution < 1.29 is 23.8 Å². The number of carbonyl (C=O) groups excluding carboxylic acids is 2. The summed E-state index contributed by atoms with van der Waals surface area (Å²) in [6.07, 6.45) is -0.565. The molecule has 1 amide bonds. The number of amides is 1. The van der Waals surface area contributed by atoms with Gasteiger partial charge in [0.1, 0.15) is 13.2 Å². The van der Waals surface area contributed by atoms with Gasteiger partial charge in [-0.1, -0.05) is 6.92 Å². The molecule has 2 aromatic carbocycles. The molecule has 7 nitrogen and oxygen atoms in total. The first-order valence-electron chi connectivity index (χ1n) is 8.34. The number of anilines is 2. The first-order chi connectivity index (χ1) is 12.6. The van der Waals surface area contributed by atoms with E-state index in [4.69, 9.17) is 19.9 Å². The third-order valence-corrected chi connectivity index (χ3v) is 3.87. The molecule has 7 heteroatoms. The van der Waals surface area contributed by atoms with Crippen LogP contribution in [0, 0.1) is 0 Å². The molecule has 0 saturated heterocycles. The Morgan fingerprint density at radius 2 is 1.81 bits per heavy atom. The lowest BCUT2D eigenvalue weighted by Crippen LogP contribution is -2.32. The summed E-state index contributed by atoms with van der Waals surface area (Å²) in [5.74, 6) is 0.221. The number of ether oxygens (including phenoxy) is 3. The van der Waals surface area contributed by atoms with E-state index in [9.17, 15) is 9.59 Å². The second kappa shape index (κ2) is 7.77. The highest BCUT2D eigenvalue weighted by Gasteiger charge is 2.23. The molecule has 1 aliphatic heterocycles. The highest BCUT2D eigenvalue weighted by Crippen LogP contribution is 2.32. The topological polar surface area (TPSA) is 99.9 Å². The van der Waals surface area contributed by atoms with Crippen LogP contribution in [0.2, 0.25) is 0 Å². The highest BCUT2D eigenvalue weighted by atomic mass is 16.6. The van der Waals surface area contributed by atoms with Gasteiger partial charge in [0.15, 0.2) is 17.6 Å². The Morgan fingerprint density at radius 3 is 2.50 bits per heavy atom. The largest absolute Gasteiger partial charge is 0.486 e. The number of nitrogens with one attached hydrogen (secondary N) is 1. The average molecular weight is 356 g/mol. The van der Waals surface area contributed by atoms with Crippen molar-refractivity contribution in [2.75, 3.05) is 24.3 Å². The molecule has 0 bridgehead atoms. The summed E-state index contributed by atoms with van der Waals surface area (Å²) in [6, 6.07) is 11.4. The Bertz CT molecular complexity index is 804. The van der Waals surface area contributed by atoms with Crippen LogP contribution in [0.15, 0.2) is 42.5 Å². The van der Waals surface area contributed by atoms with Crippen molar-refractivity contribution in [3.8, 4) is 11.5 Å². The van der Waals surface area contributed by atoms with Crippen molar-refractivity contribution >= 4 is 23.3 Å². The summed E-state index contributed by atoms with van der Waals surface area (Å²) in [5.41, 5.74) is 7.03. The van der Waals surface area contributed by atoms with Gasteiger partial charge in [0.05, 0.1) is 5.56 Å². The molecule has 1 unspecified atom stereocenters. The second-order valence-corrected chi connectivity index (χ2v) is 5.77. The normalized spacial score (nSPS) is 13.6. The van der Waals surface area contributed by atoms with Gasteiger partial charge in [-0.15, -0.1) is 0 Å². The number of nitrogen functional groups attached to an aromatic ring is 1. The SMILES string of the molecule is CCC(OC(=O)c1ccc(N)cc1)C(=O)Nc1ccc2c(c1)OCCO2. The van der Waals surface area contributed by atoms with Crippen molar-refractivity contribution in [3.63, 3.8) is 0 Å². The highest BCUT2D eigenvalue weighted by molar-refractivity contribution is 5.97. The molecule has 0 aliphatic carbocycles. The van der Waals surface area contributed by atoms with Gasteiger partial charge in [0.25, 0.3) is 5.91 Å². The Hall–Kier alpha value is -3.22. The maximum Gasteiger partial charge on any atom is 0.338 e. The Labute approximate surface area is 151 Å². The molecular weight excluding hydrogens is 336 g/mol. The Kier molecular flexibility index (Phi) is 5.26. The molecule has 3 rings (SSSR count). The summed E-state index contributed by atoms with van der Waals surface area (Å²) in [5, 5.41) is 2.74. The maximum atomic E-state index is 12.5. The van der Waals surface area contributed by atoms with E-state index >= 15 is 0 Å². The molecule has 1 aliphatic rings. The standard InChI is InChI=1S/C19H20N2O5/c1-2-15(26-19(23)12-3-5-13(20)6-4-12)18(22)21-14-7-8-16-17(11-14)25-10-9-24-16/h3-8,11,15H,2,9-10,20H2,1H3,(H,21,22). The van der Waals surface area contributed by atoms with Gasteiger partial charge in [-0.25, -0.2) is 4.79 Å². The molecule has 1 atom stereocenters. The second-order valence-electron chi connectivity index (χ2n) is 5.77. The van der Waals surface area contributed by atoms with Gasteiger partial charge >= 0.3 is 5.97 Å². The quantitative estimate of drug-likeness (QED) is 0.631. The number of nitrogens with two attached hydrogens (primary N) is 1. The van der Waals surface area contributed by atoms with E-state index in [0.29, 0.717) is 48.1 Å². The van der Waals surface area contributed by atoms with Crippen LogP contribution < -0.4 is 20.5 Å². The van der Waals surface area contributed by atoms with Crippen LogP contribution in [0.25, 0.3) is 0 Å². The van der Waals surface area contributed by atoms with Crippen LogP contribution in [0.3, 0.4) is 0 Å². The van der Waals surface area contributed by atoms with E-state index in [-0.39, 0.29) is 0 Å². The van der Waals surface area contributed by atoms with E-state index in [0.717, 1.165) is 0 Å². The molecule has 0 radical (unpaired) electrons. The van der Waals surface area contributed by atoms with Crippen LogP contribution >= 0.6 is 0 Å². The fourth-order valence-electron chi connectivity index (χ4n) is 2.48. The van der Waals surface area contributed by atoms with Gasteiger partial charge in [-0.3, -0.25) is 4.79 Å². The van der Waals surface area contributed by atoms with Gasteiger partial charge in [-0.05, 0) is 42.8 Å². The third kappa shape index (κ3) is 4.05. The lowest BCUT2D eigenvalue weighted by molar-refractivity contribution is -0.124. The number of benzene rings is 2. The number of hydrogen-bond acceptors (Lipinski definition) is 6. The van der Waals surface area contributed by atoms with Crippen LogP contribution in [-0.2, 0) is 9.53 Å². The number of esters is 1. The molecule has 0 saturated carbocycles. The number of fused-ring (bicyclic) bond motifs is 1. The number of hydrogen-bond donors (Lipinski definition) is 2. The number of rotatable bonds is 5. The van der Waals surface area contributed by atoms with Gasteiger partial charge < -0.3 is 25.3 Å². The van der Waals surface area contributed by atoms with Crippen LogP contribution in [-0.4, -0.2) is 31.2 Å². The van der Waals surface area contributed by atoms with Crippen molar-refractivity contribution in [1.82, 2.24) is 0 Å². The summed E-state index contributed by atoms with van der Waals surface area (Å²) in [6.45, 7) is 2.73. The van der Waals surface area contributed by atoms with E-state index in [1.165, 1.54) is 0 Å². The van der Waals surface area contributed by atoms with Crippen LogP contribution in [0.1, 0.15) is 23.7 Å². The minimum absolute atomic E-state index is 0.338. The monoisotopic (exact) mass is 356 g/mol. The lowest BCUT2D eigenvalue weighted by atomic mass is 10.2. The summed E-state index contributed by atoms with van der Waals surface area (Å²) < 4.78 is 16.3. The molecule has 26 heavy (non-hydrogen) atoms. The summed E-state index contributed by atoms with van der Waals surface area (Å²) in [7, 11) is 0. The Balaban J connectivity index is 1.65. The summed E-state index contributed by atoms with van der Waals surface area (Å²) in [4.78, 5) is 24.6. The third-order valence-electron chi connectivity index (χ3n) is 3.87. The zero-order valence-electron chi connectivity index (χ0n) is 14.4. The van der Waals surface area contributed by atoms with E-state index < -0.39 is 18.0 Å². The van der Waals surface area contributed by atoms with Gasteiger partial charge in [-0.2, -0.15) is 0 Å². The zero-order chi connectivity index (χ0) is 18.5. The molecule has 3 N–H and O–H groups in total. The summed E-state index contributed by atoms with van der Waals surface area (Å²) >= 11 is 0. The lowest BCUT2D eigenvalue weighted by Gasteiger charge is -2.20. The van der Waals surface area contributed by atoms with Crippen molar-refractivity contribution in [1.29, 1.82) is 0 Å². The predicted octanol–water partition coefficient (Wildman–Crippen LogP) is 2.61. The zero-order valence-corrected chi connectivity index (χ0v) is 14.4. The molecule has 2 aromatic rings. The first-order valence-corrected chi connectivity index (χ1v) is 8.34. The average Bonchev–Trinajstić information content (AvgIpc) is 2.66. The smallest absolute Gasteiger partial charge is 0.338 e. The number of carbonyl (C=O) groups is 2. The van der Waals surface area contributed by atoms with Crippen molar-refractivity contribution in [3.05, 3.63) is 48.0 Å². The van der Waals surface area contributed by atoms with Gasteiger partial charge in [0, 0.05) is 17.4 Å². The van der Waals surface area contributed by atoms with Crippen molar-refractivity contribution in [2.45, 2.75) is 19.4 Å². The fourth-order valence-corrected chi connectivity index (χ4v) is 2.48.